The van der Waals surface area contributed by atoms with Crippen LogP contribution in [0, 0.1) is 5.41 Å². The van der Waals surface area contributed by atoms with Gasteiger partial charge in [-0.1, -0.05) is 67.4 Å². The molecular weight excluding hydrogens is 473 g/mol. The van der Waals surface area contributed by atoms with Gasteiger partial charge in [-0.2, -0.15) is 0 Å². The highest BCUT2D eigenvalue weighted by Crippen LogP contribution is 2.50. The summed E-state index contributed by atoms with van der Waals surface area (Å²) in [4.78, 5) is 27.0. The number of esters is 1. The number of ketones is 1. The topological polar surface area (TPSA) is 64.6 Å². The van der Waals surface area contributed by atoms with Gasteiger partial charge in [-0.15, -0.1) is 0 Å². The van der Waals surface area contributed by atoms with E-state index in [0.29, 0.717) is 51.0 Å². The van der Waals surface area contributed by atoms with Crippen LogP contribution in [0.15, 0.2) is 65.0 Å². The predicted molar refractivity (Wildman–Crippen MR) is 133 cm³/mol. The molecule has 34 heavy (non-hydrogen) atoms. The van der Waals surface area contributed by atoms with E-state index in [4.69, 9.17) is 32.7 Å². The molecule has 178 valence electrons. The van der Waals surface area contributed by atoms with E-state index in [0.717, 1.165) is 11.3 Å². The maximum absolute atomic E-state index is 13.5. The number of carbonyl (C=O) groups is 2. The smallest absolute Gasteiger partial charge is 0.337 e. The zero-order chi connectivity index (χ0) is 24.6. The van der Waals surface area contributed by atoms with Crippen LogP contribution in [0.25, 0.3) is 0 Å². The number of hydrogen-bond donors (Lipinski definition) is 1. The van der Waals surface area contributed by atoms with E-state index < -0.39 is 11.9 Å². The second-order valence-electron chi connectivity index (χ2n) is 9.50. The normalized spacial score (nSPS) is 19.5. The van der Waals surface area contributed by atoms with Gasteiger partial charge < -0.3 is 14.8 Å². The van der Waals surface area contributed by atoms with Crippen LogP contribution in [0.2, 0.25) is 10.0 Å². The Morgan fingerprint density at radius 3 is 2.53 bits per heavy atom. The summed E-state index contributed by atoms with van der Waals surface area (Å²) in [7, 11) is 1.50. The van der Waals surface area contributed by atoms with Gasteiger partial charge in [-0.05, 0) is 36.5 Å². The number of carbonyl (C=O) groups excluding carboxylic acids is 2. The molecule has 4 rings (SSSR count). The first-order chi connectivity index (χ1) is 16.1. The molecule has 0 fully saturated rings. The summed E-state index contributed by atoms with van der Waals surface area (Å²) in [6.45, 7) is 6.06. The van der Waals surface area contributed by atoms with Crippen molar-refractivity contribution in [3.05, 3.63) is 86.2 Å². The van der Waals surface area contributed by atoms with E-state index in [1.807, 2.05) is 37.3 Å². The summed E-state index contributed by atoms with van der Waals surface area (Å²) >= 11 is 12.8. The summed E-state index contributed by atoms with van der Waals surface area (Å²) < 4.78 is 11.3. The summed E-state index contributed by atoms with van der Waals surface area (Å²) in [6.07, 6.45) is 1.04. The molecule has 2 aromatic rings. The van der Waals surface area contributed by atoms with Crippen molar-refractivity contribution >= 4 is 35.0 Å². The number of methoxy groups -OCH3 is 1. The highest BCUT2D eigenvalue weighted by atomic mass is 35.5. The first-order valence-electron chi connectivity index (χ1n) is 11.1. The third-order valence-corrected chi connectivity index (χ3v) is 6.72. The van der Waals surface area contributed by atoms with Crippen molar-refractivity contribution in [2.45, 2.75) is 46.1 Å². The van der Waals surface area contributed by atoms with Crippen LogP contribution in [0.1, 0.15) is 50.7 Å². The molecule has 5 nitrogen and oxygen atoms in total. The highest BCUT2D eigenvalue weighted by Gasteiger charge is 2.44. The van der Waals surface area contributed by atoms with Crippen LogP contribution in [0.3, 0.4) is 0 Å². The summed E-state index contributed by atoms with van der Waals surface area (Å²) in [6, 6.07) is 12.7. The molecule has 1 N–H and O–H groups in total. The first-order valence-corrected chi connectivity index (χ1v) is 11.8. The largest absolute Gasteiger partial charge is 0.495 e. The zero-order valence-corrected chi connectivity index (χ0v) is 21.1. The molecule has 7 heteroatoms. The molecule has 0 bridgehead atoms. The Hall–Kier alpha value is -2.76. The quantitative estimate of drug-likeness (QED) is 0.485. The van der Waals surface area contributed by atoms with Gasteiger partial charge in [-0.25, -0.2) is 4.79 Å². The summed E-state index contributed by atoms with van der Waals surface area (Å²) in [5.41, 5.74) is 3.55. The minimum Gasteiger partial charge on any atom is -0.495 e. The monoisotopic (exact) mass is 499 g/mol. The van der Waals surface area contributed by atoms with E-state index in [9.17, 15) is 9.59 Å². The Labute approximate surface area is 209 Å². The lowest BCUT2D eigenvalue weighted by atomic mass is 9.68. The fraction of sp³-hybridized carbons (Fsp3) is 0.333. The van der Waals surface area contributed by atoms with Crippen LogP contribution in [-0.4, -0.2) is 18.9 Å². The van der Waals surface area contributed by atoms with Crippen LogP contribution in [0.5, 0.6) is 5.75 Å². The van der Waals surface area contributed by atoms with Crippen molar-refractivity contribution in [1.82, 2.24) is 5.32 Å². The first kappa shape index (κ1) is 24.4. The van der Waals surface area contributed by atoms with Crippen LogP contribution < -0.4 is 10.1 Å². The number of Topliss-reactive ketones (excluding diaryl/α,β-unsaturated/α-hetero) is 1. The SMILES string of the molecule is COc1c(Cl)cc(Cl)cc1[C@@H]1C(C(=O)OCc2ccccc2)=C(C)NC2=C1C(=O)CC(C)(C)C2. The average molecular weight is 500 g/mol. The van der Waals surface area contributed by atoms with Crippen molar-refractivity contribution in [2.75, 3.05) is 7.11 Å². The molecule has 1 heterocycles. The lowest BCUT2D eigenvalue weighted by molar-refractivity contribution is -0.140. The fourth-order valence-electron chi connectivity index (χ4n) is 4.83. The maximum atomic E-state index is 13.5. The van der Waals surface area contributed by atoms with E-state index in [1.54, 1.807) is 12.1 Å². The number of ether oxygens (including phenoxy) is 2. The lowest BCUT2D eigenvalue weighted by Crippen LogP contribution is -2.38. The molecule has 0 unspecified atom stereocenters. The predicted octanol–water partition coefficient (Wildman–Crippen LogP) is 6.35. The van der Waals surface area contributed by atoms with E-state index in [2.05, 4.69) is 19.2 Å². The van der Waals surface area contributed by atoms with E-state index >= 15 is 0 Å². The molecule has 0 amide bonds. The van der Waals surface area contributed by atoms with E-state index in [-0.39, 0.29) is 17.8 Å². The Balaban J connectivity index is 1.84. The van der Waals surface area contributed by atoms with Gasteiger partial charge in [0.15, 0.2) is 5.78 Å². The molecule has 0 saturated heterocycles. The molecule has 1 atom stereocenters. The van der Waals surface area contributed by atoms with Gasteiger partial charge in [0.25, 0.3) is 0 Å². The second-order valence-corrected chi connectivity index (χ2v) is 10.3. The number of rotatable bonds is 5. The minimum atomic E-state index is -0.714. The van der Waals surface area contributed by atoms with Crippen molar-refractivity contribution in [3.63, 3.8) is 0 Å². The van der Waals surface area contributed by atoms with Crippen molar-refractivity contribution in [2.24, 2.45) is 5.41 Å². The molecule has 2 aliphatic rings. The van der Waals surface area contributed by atoms with Crippen LogP contribution in [0.4, 0.5) is 0 Å². The van der Waals surface area contributed by atoms with Gasteiger partial charge in [0.1, 0.15) is 12.4 Å². The maximum Gasteiger partial charge on any atom is 0.337 e. The van der Waals surface area contributed by atoms with Gasteiger partial charge in [0, 0.05) is 34.0 Å². The van der Waals surface area contributed by atoms with Gasteiger partial charge in [0.05, 0.1) is 23.6 Å². The summed E-state index contributed by atoms with van der Waals surface area (Å²) in [5, 5.41) is 4.03. The number of dihydropyridines is 1. The molecule has 0 spiro atoms. The molecule has 0 radical (unpaired) electrons. The van der Waals surface area contributed by atoms with Crippen molar-refractivity contribution < 1.29 is 19.1 Å². The number of benzene rings is 2. The molecule has 1 aliphatic carbocycles. The van der Waals surface area contributed by atoms with Crippen molar-refractivity contribution in [1.29, 1.82) is 0 Å². The Morgan fingerprint density at radius 2 is 1.85 bits per heavy atom. The third kappa shape index (κ3) is 4.73. The Morgan fingerprint density at radius 1 is 1.15 bits per heavy atom. The van der Waals surface area contributed by atoms with Gasteiger partial charge in [-0.3, -0.25) is 4.79 Å². The summed E-state index contributed by atoms with van der Waals surface area (Å²) in [5.74, 6) is -0.873. The molecule has 0 saturated carbocycles. The second kappa shape index (κ2) is 9.47. The van der Waals surface area contributed by atoms with Crippen LogP contribution >= 0.6 is 23.2 Å². The highest BCUT2D eigenvalue weighted by molar-refractivity contribution is 6.35. The molecular formula is C27H27Cl2NO4. The number of nitrogens with one attached hydrogen (secondary N) is 1. The van der Waals surface area contributed by atoms with Crippen molar-refractivity contribution in [3.8, 4) is 5.75 Å². The Bertz CT molecular complexity index is 1210. The molecule has 1 aliphatic heterocycles. The zero-order valence-electron chi connectivity index (χ0n) is 19.6. The average Bonchev–Trinajstić information content (AvgIpc) is 2.76. The van der Waals surface area contributed by atoms with E-state index in [1.165, 1.54) is 7.11 Å². The standard InChI is InChI=1S/C27H27Cl2NO4/c1-15-22(26(32)34-14-16-8-6-5-7-9-16)23(18-10-17(28)11-19(29)25(18)33-4)24-20(30-15)12-27(2,3)13-21(24)31/h5-11,23,30H,12-14H2,1-4H3/t23-/m1/s1. The van der Waals surface area contributed by atoms with Crippen LogP contribution in [-0.2, 0) is 20.9 Å². The minimum absolute atomic E-state index is 0.0252. The number of halogens is 2. The molecule has 0 aromatic heterocycles. The van der Waals surface area contributed by atoms with Gasteiger partial charge in [0.2, 0.25) is 0 Å². The lowest BCUT2D eigenvalue weighted by Gasteiger charge is -2.39. The Kier molecular flexibility index (Phi) is 6.79. The fourth-order valence-corrected chi connectivity index (χ4v) is 5.41. The third-order valence-electron chi connectivity index (χ3n) is 6.22. The molecule has 2 aromatic carbocycles. The number of allylic oxidation sites excluding steroid dienone is 3. The van der Waals surface area contributed by atoms with Gasteiger partial charge >= 0.3 is 5.97 Å². The number of hydrogen-bond acceptors (Lipinski definition) is 5.